The molecule has 0 unspecified atom stereocenters. The van der Waals surface area contributed by atoms with Crippen LogP contribution in [0.3, 0.4) is 0 Å². The Bertz CT molecular complexity index is 1180. The molecule has 3 heterocycles. The zero-order chi connectivity index (χ0) is 21.4. The lowest BCUT2D eigenvalue weighted by atomic mass is 9.97. The lowest BCUT2D eigenvalue weighted by Crippen LogP contribution is -3.14. The quantitative estimate of drug-likeness (QED) is 0.672. The molecule has 0 bridgehead atoms. The Morgan fingerprint density at radius 2 is 1.81 bits per heavy atom. The van der Waals surface area contributed by atoms with Gasteiger partial charge in [0.2, 0.25) is 5.76 Å². The van der Waals surface area contributed by atoms with Crippen LogP contribution in [0.5, 0.6) is 5.75 Å². The number of nitrogens with zero attached hydrogens (tertiary/aromatic N) is 1. The molecule has 0 saturated carbocycles. The summed E-state index contributed by atoms with van der Waals surface area (Å²) >= 11 is 0. The average Bonchev–Trinajstić information content (AvgIpc) is 3.10. The predicted molar refractivity (Wildman–Crippen MR) is 115 cm³/mol. The van der Waals surface area contributed by atoms with E-state index in [4.69, 9.17) is 13.9 Å². The molecule has 7 nitrogen and oxygen atoms in total. The van der Waals surface area contributed by atoms with Gasteiger partial charge in [0, 0.05) is 5.56 Å². The summed E-state index contributed by atoms with van der Waals surface area (Å²) in [6.07, 6.45) is 0. The van der Waals surface area contributed by atoms with Crippen molar-refractivity contribution in [3.05, 3.63) is 75.6 Å². The minimum Gasteiger partial charge on any atom is -0.496 e. The summed E-state index contributed by atoms with van der Waals surface area (Å²) in [5.41, 5.74) is 1.45. The third-order valence-corrected chi connectivity index (χ3v) is 6.21. The van der Waals surface area contributed by atoms with Gasteiger partial charge in [-0.1, -0.05) is 30.3 Å². The van der Waals surface area contributed by atoms with Crippen LogP contribution in [0.2, 0.25) is 0 Å². The van der Waals surface area contributed by atoms with Crippen molar-refractivity contribution < 1.29 is 23.6 Å². The highest BCUT2D eigenvalue weighted by Gasteiger charge is 2.44. The number of carbonyl (C=O) groups is 1. The molecular weight excluding hydrogens is 396 g/mol. The summed E-state index contributed by atoms with van der Waals surface area (Å²) in [5, 5.41) is 0.481. The average molecular weight is 421 g/mol. The Kier molecular flexibility index (Phi) is 5.21. The smallest absolute Gasteiger partial charge is 0.291 e. The van der Waals surface area contributed by atoms with E-state index in [1.54, 1.807) is 36.3 Å². The van der Waals surface area contributed by atoms with Gasteiger partial charge in [-0.3, -0.25) is 9.59 Å². The van der Waals surface area contributed by atoms with Gasteiger partial charge in [0.05, 0.1) is 50.4 Å². The first-order valence-corrected chi connectivity index (χ1v) is 10.6. The molecule has 2 aromatic carbocycles. The van der Waals surface area contributed by atoms with Gasteiger partial charge in [-0.2, -0.15) is 0 Å². The molecule has 1 N–H and O–H groups in total. The van der Waals surface area contributed by atoms with Crippen LogP contribution in [0.15, 0.2) is 57.7 Å². The summed E-state index contributed by atoms with van der Waals surface area (Å²) in [7, 11) is 1.60. The summed E-state index contributed by atoms with van der Waals surface area (Å²) in [6.45, 7) is 4.57. The van der Waals surface area contributed by atoms with Crippen molar-refractivity contribution in [3.8, 4) is 5.75 Å². The second-order valence-electron chi connectivity index (χ2n) is 7.93. The van der Waals surface area contributed by atoms with Gasteiger partial charge in [-0.25, -0.2) is 0 Å². The third-order valence-electron chi connectivity index (χ3n) is 6.21. The maximum absolute atomic E-state index is 13.5. The predicted octanol–water partition coefficient (Wildman–Crippen LogP) is 1.26. The van der Waals surface area contributed by atoms with Gasteiger partial charge in [0.1, 0.15) is 24.4 Å². The van der Waals surface area contributed by atoms with E-state index < -0.39 is 6.04 Å². The van der Waals surface area contributed by atoms with Gasteiger partial charge in [-0.15, -0.1) is 0 Å². The van der Waals surface area contributed by atoms with Crippen molar-refractivity contribution in [1.82, 2.24) is 4.90 Å². The molecule has 3 aromatic rings. The third kappa shape index (κ3) is 3.40. The van der Waals surface area contributed by atoms with E-state index in [1.165, 1.54) is 4.90 Å². The zero-order valence-electron chi connectivity index (χ0n) is 17.4. The molecule has 1 atom stereocenters. The Morgan fingerprint density at radius 1 is 1.06 bits per heavy atom. The monoisotopic (exact) mass is 421 g/mol. The fourth-order valence-corrected chi connectivity index (χ4v) is 4.60. The van der Waals surface area contributed by atoms with Crippen LogP contribution in [0, 0.1) is 0 Å². The number of hydrogen-bond acceptors (Lipinski definition) is 5. The van der Waals surface area contributed by atoms with Crippen LogP contribution >= 0.6 is 0 Å². The van der Waals surface area contributed by atoms with E-state index >= 15 is 0 Å². The minimum absolute atomic E-state index is 0.136. The molecule has 0 spiro atoms. The van der Waals surface area contributed by atoms with Gasteiger partial charge < -0.3 is 23.7 Å². The highest BCUT2D eigenvalue weighted by atomic mass is 16.5. The van der Waals surface area contributed by atoms with E-state index in [0.29, 0.717) is 28.8 Å². The number of rotatable bonds is 5. The van der Waals surface area contributed by atoms with Gasteiger partial charge in [0.15, 0.2) is 5.43 Å². The van der Waals surface area contributed by atoms with Crippen LogP contribution in [-0.4, -0.2) is 57.3 Å². The highest BCUT2D eigenvalue weighted by molar-refractivity contribution is 5.99. The first-order valence-electron chi connectivity index (χ1n) is 10.6. The van der Waals surface area contributed by atoms with Gasteiger partial charge >= 0.3 is 0 Å². The number of nitrogens with one attached hydrogen (secondary N) is 1. The molecule has 2 aliphatic rings. The number of ether oxygens (including phenoxy) is 2. The molecule has 1 fully saturated rings. The van der Waals surface area contributed by atoms with E-state index in [1.807, 2.05) is 24.3 Å². The summed E-state index contributed by atoms with van der Waals surface area (Å²) in [6, 6.07) is 14.1. The molecule has 0 radical (unpaired) electrons. The van der Waals surface area contributed by atoms with Gasteiger partial charge in [0.25, 0.3) is 5.91 Å². The van der Waals surface area contributed by atoms with Crippen molar-refractivity contribution in [3.63, 3.8) is 0 Å². The van der Waals surface area contributed by atoms with Crippen LogP contribution in [0.25, 0.3) is 11.0 Å². The SMILES string of the molecule is COc1ccccc1[C@@H]1c2c(oc3ccccc3c2=O)C(=O)N1CC[NH+]1CCOCC1. The second-order valence-corrected chi connectivity index (χ2v) is 7.93. The molecule has 0 aliphatic carbocycles. The van der Waals surface area contributed by atoms with Crippen molar-refractivity contribution in [2.75, 3.05) is 46.5 Å². The summed E-state index contributed by atoms with van der Waals surface area (Å²) in [5.74, 6) is 0.530. The van der Waals surface area contributed by atoms with Crippen molar-refractivity contribution >= 4 is 16.9 Å². The number of fused-ring (bicyclic) bond motifs is 2. The Labute approximate surface area is 179 Å². The molecule has 2 aliphatic heterocycles. The van der Waals surface area contributed by atoms with Crippen LogP contribution in [0.1, 0.15) is 27.7 Å². The number of carbonyl (C=O) groups excluding carboxylic acids is 1. The zero-order valence-corrected chi connectivity index (χ0v) is 17.4. The normalized spacial score (nSPS) is 19.1. The molecule has 1 saturated heterocycles. The number of para-hydroxylation sites is 2. The molecule has 5 rings (SSSR count). The van der Waals surface area contributed by atoms with E-state index in [2.05, 4.69) is 0 Å². The Hall–Kier alpha value is -3.16. The first-order chi connectivity index (χ1) is 15.2. The van der Waals surface area contributed by atoms with Crippen molar-refractivity contribution in [1.29, 1.82) is 0 Å². The first kappa shape index (κ1) is 19.8. The molecule has 160 valence electrons. The fraction of sp³-hybridized carbons (Fsp3) is 0.333. The molecule has 31 heavy (non-hydrogen) atoms. The maximum Gasteiger partial charge on any atom is 0.291 e. The number of amides is 1. The molecule has 1 amide bonds. The fourth-order valence-electron chi connectivity index (χ4n) is 4.60. The van der Waals surface area contributed by atoms with E-state index in [9.17, 15) is 9.59 Å². The molecule has 1 aromatic heterocycles. The Balaban J connectivity index is 1.62. The number of quaternary nitrogens is 1. The standard InChI is InChI=1S/C24H24N2O5/c1-29-18-8-4-2-6-16(18)21-20-22(27)17-7-3-5-9-19(17)31-23(20)24(28)26(21)11-10-25-12-14-30-15-13-25/h2-9,21H,10-15H2,1H3/p+1/t21-/m1/s1. The number of methoxy groups -OCH3 is 1. The van der Waals surface area contributed by atoms with E-state index in [-0.39, 0.29) is 17.1 Å². The largest absolute Gasteiger partial charge is 0.496 e. The van der Waals surface area contributed by atoms with Crippen LogP contribution < -0.4 is 15.1 Å². The number of benzene rings is 2. The van der Waals surface area contributed by atoms with E-state index in [0.717, 1.165) is 38.4 Å². The summed E-state index contributed by atoms with van der Waals surface area (Å²) < 4.78 is 17.0. The lowest BCUT2D eigenvalue weighted by molar-refractivity contribution is -0.907. The molecule has 7 heteroatoms. The Morgan fingerprint density at radius 3 is 2.61 bits per heavy atom. The molecular formula is C24H25N2O5+. The van der Waals surface area contributed by atoms with Crippen LogP contribution in [-0.2, 0) is 4.74 Å². The highest BCUT2D eigenvalue weighted by Crippen LogP contribution is 2.41. The number of hydrogen-bond donors (Lipinski definition) is 1. The van der Waals surface area contributed by atoms with Crippen molar-refractivity contribution in [2.45, 2.75) is 6.04 Å². The number of morpholine rings is 1. The second kappa shape index (κ2) is 8.17. The van der Waals surface area contributed by atoms with Gasteiger partial charge in [-0.05, 0) is 18.2 Å². The topological polar surface area (TPSA) is 73.4 Å². The maximum atomic E-state index is 13.5. The minimum atomic E-state index is -0.542. The lowest BCUT2D eigenvalue weighted by Gasteiger charge is -2.29. The van der Waals surface area contributed by atoms with Crippen molar-refractivity contribution in [2.24, 2.45) is 0 Å². The summed E-state index contributed by atoms with van der Waals surface area (Å²) in [4.78, 5) is 30.1. The van der Waals surface area contributed by atoms with Crippen LogP contribution in [0.4, 0.5) is 0 Å².